The Morgan fingerprint density at radius 3 is 2.42 bits per heavy atom. The number of rotatable bonds is 2. The first-order valence-electron chi connectivity index (χ1n) is 6.03. The number of nitrogens with zero attached hydrogens (tertiary/aromatic N) is 1. The Kier molecular flexibility index (Phi) is 2.76. The van der Waals surface area contributed by atoms with Crippen LogP contribution in [0, 0.1) is 5.92 Å². The number of hydrogen-bond acceptors (Lipinski definition) is 2. The number of carbonyl (C=O) groups excluding carboxylic acids is 2. The van der Waals surface area contributed by atoms with Gasteiger partial charge in [-0.2, -0.15) is 0 Å². The number of carbonyl (C=O) groups is 2. The number of anilines is 1. The zero-order valence-corrected chi connectivity index (χ0v) is 10.1. The van der Waals surface area contributed by atoms with E-state index in [2.05, 4.69) is 5.32 Å². The summed E-state index contributed by atoms with van der Waals surface area (Å²) in [6, 6.07) is 8.48. The Labute approximate surface area is 110 Å². The fraction of sp³-hybridized carbons (Fsp3) is 0.0667. The van der Waals surface area contributed by atoms with Gasteiger partial charge in [-0.3, -0.25) is 4.79 Å². The number of urea groups is 1. The molecule has 4 nitrogen and oxygen atoms in total. The number of imide groups is 1. The fourth-order valence-corrected chi connectivity index (χ4v) is 2.11. The maximum Gasteiger partial charge on any atom is 0.333 e. The molecule has 1 N–H and O–H groups in total. The van der Waals surface area contributed by atoms with Gasteiger partial charge in [-0.25, -0.2) is 9.69 Å². The Bertz CT molecular complexity index is 602. The third-order valence-corrected chi connectivity index (χ3v) is 3.03. The predicted octanol–water partition coefficient (Wildman–Crippen LogP) is 2.37. The summed E-state index contributed by atoms with van der Waals surface area (Å²) < 4.78 is 0. The molecule has 1 heterocycles. The van der Waals surface area contributed by atoms with Crippen molar-refractivity contribution in [2.75, 3.05) is 4.90 Å². The third-order valence-electron chi connectivity index (χ3n) is 3.03. The smallest absolute Gasteiger partial charge is 0.302 e. The average molecular weight is 252 g/mol. The Balaban J connectivity index is 1.89. The molecule has 0 spiro atoms. The average Bonchev–Trinajstić information content (AvgIpc) is 3.01. The van der Waals surface area contributed by atoms with Gasteiger partial charge in [0.1, 0.15) is 5.70 Å². The predicted molar refractivity (Wildman–Crippen MR) is 72.3 cm³/mol. The highest BCUT2D eigenvalue weighted by molar-refractivity contribution is 6.26. The van der Waals surface area contributed by atoms with Crippen LogP contribution in [-0.2, 0) is 4.79 Å². The molecule has 94 valence electrons. The lowest BCUT2D eigenvalue weighted by Gasteiger charge is -2.10. The van der Waals surface area contributed by atoms with E-state index in [0.717, 1.165) is 4.90 Å². The highest BCUT2D eigenvalue weighted by Crippen LogP contribution is 2.22. The van der Waals surface area contributed by atoms with Crippen molar-refractivity contribution in [2.45, 2.75) is 0 Å². The van der Waals surface area contributed by atoms with Gasteiger partial charge in [0.25, 0.3) is 5.91 Å². The second-order valence-electron chi connectivity index (χ2n) is 4.33. The molecule has 1 saturated heterocycles. The Morgan fingerprint density at radius 1 is 1.05 bits per heavy atom. The van der Waals surface area contributed by atoms with E-state index in [1.807, 2.05) is 30.4 Å². The van der Waals surface area contributed by atoms with Crippen molar-refractivity contribution in [3.63, 3.8) is 0 Å². The van der Waals surface area contributed by atoms with Gasteiger partial charge in [-0.05, 0) is 18.2 Å². The van der Waals surface area contributed by atoms with Crippen molar-refractivity contribution in [1.29, 1.82) is 0 Å². The molecule has 1 fully saturated rings. The van der Waals surface area contributed by atoms with Crippen LogP contribution in [0.3, 0.4) is 0 Å². The third kappa shape index (κ3) is 2.08. The molecule has 19 heavy (non-hydrogen) atoms. The summed E-state index contributed by atoms with van der Waals surface area (Å²) >= 11 is 0. The number of para-hydroxylation sites is 1. The molecule has 0 radical (unpaired) electrons. The van der Waals surface area contributed by atoms with Gasteiger partial charge >= 0.3 is 6.03 Å². The van der Waals surface area contributed by atoms with Gasteiger partial charge in [0.2, 0.25) is 0 Å². The van der Waals surface area contributed by atoms with Crippen molar-refractivity contribution >= 4 is 17.6 Å². The first-order chi connectivity index (χ1) is 9.25. The number of allylic oxidation sites excluding steroid dienone is 5. The minimum Gasteiger partial charge on any atom is -0.302 e. The summed E-state index contributed by atoms with van der Waals surface area (Å²) in [6.07, 6.45) is 9.49. The lowest BCUT2D eigenvalue weighted by molar-refractivity contribution is -0.113. The molecule has 3 rings (SSSR count). The summed E-state index contributed by atoms with van der Waals surface area (Å²) in [5, 5.41) is 2.61. The first kappa shape index (κ1) is 11.5. The first-order valence-corrected chi connectivity index (χ1v) is 6.03. The number of amides is 3. The van der Waals surface area contributed by atoms with Crippen LogP contribution in [0.5, 0.6) is 0 Å². The molecule has 3 amide bonds. The van der Waals surface area contributed by atoms with E-state index < -0.39 is 6.03 Å². The van der Waals surface area contributed by atoms with Crippen LogP contribution in [0.25, 0.3) is 0 Å². The van der Waals surface area contributed by atoms with Crippen molar-refractivity contribution in [3.05, 3.63) is 66.4 Å². The van der Waals surface area contributed by atoms with Crippen LogP contribution in [0.15, 0.2) is 66.4 Å². The van der Waals surface area contributed by atoms with E-state index >= 15 is 0 Å². The standard InChI is InChI=1S/C15H12N2O2/c18-14-13(10-11-6-4-5-7-11)16-15(19)17(14)12-8-2-1-3-9-12/h1-11H,(H,16,19)/b13-10-. The Hall–Kier alpha value is -2.62. The lowest BCUT2D eigenvalue weighted by atomic mass is 10.1. The zero-order valence-electron chi connectivity index (χ0n) is 10.1. The summed E-state index contributed by atoms with van der Waals surface area (Å²) in [7, 11) is 0. The van der Waals surface area contributed by atoms with E-state index in [4.69, 9.17) is 0 Å². The van der Waals surface area contributed by atoms with Crippen LogP contribution in [0.4, 0.5) is 10.5 Å². The van der Waals surface area contributed by atoms with E-state index in [1.54, 1.807) is 30.3 Å². The van der Waals surface area contributed by atoms with E-state index in [-0.39, 0.29) is 11.8 Å². The summed E-state index contributed by atoms with van der Waals surface area (Å²) in [6.45, 7) is 0. The van der Waals surface area contributed by atoms with E-state index in [9.17, 15) is 9.59 Å². The number of benzene rings is 1. The summed E-state index contributed by atoms with van der Waals surface area (Å²) in [5.74, 6) is -0.250. The lowest BCUT2D eigenvalue weighted by Crippen LogP contribution is -2.30. The monoisotopic (exact) mass is 252 g/mol. The maximum absolute atomic E-state index is 12.2. The van der Waals surface area contributed by atoms with Gasteiger partial charge in [0.05, 0.1) is 5.69 Å². The van der Waals surface area contributed by atoms with E-state index in [1.165, 1.54) is 0 Å². The summed E-state index contributed by atoms with van der Waals surface area (Å²) in [5.41, 5.74) is 0.904. The molecule has 1 aliphatic carbocycles. The normalized spacial score (nSPS) is 20.6. The van der Waals surface area contributed by atoms with Crippen molar-refractivity contribution in [1.82, 2.24) is 5.32 Å². The van der Waals surface area contributed by atoms with Gasteiger partial charge in [0.15, 0.2) is 0 Å². The fourth-order valence-electron chi connectivity index (χ4n) is 2.11. The van der Waals surface area contributed by atoms with Crippen molar-refractivity contribution in [2.24, 2.45) is 5.92 Å². The SMILES string of the molecule is O=C1N/C(=C\C2C=CC=C2)C(=O)N1c1ccccc1. The quantitative estimate of drug-likeness (QED) is 0.649. The highest BCUT2D eigenvalue weighted by Gasteiger charge is 2.34. The Morgan fingerprint density at radius 2 is 1.74 bits per heavy atom. The number of hydrogen-bond donors (Lipinski definition) is 1. The van der Waals surface area contributed by atoms with Crippen LogP contribution in [0.1, 0.15) is 0 Å². The largest absolute Gasteiger partial charge is 0.333 e. The second-order valence-corrected chi connectivity index (χ2v) is 4.33. The molecular weight excluding hydrogens is 240 g/mol. The maximum atomic E-state index is 12.2. The molecular formula is C15H12N2O2. The molecule has 0 atom stereocenters. The molecule has 1 aromatic rings. The van der Waals surface area contributed by atoms with Gasteiger partial charge in [-0.1, -0.05) is 42.5 Å². The van der Waals surface area contributed by atoms with Crippen molar-refractivity contribution < 1.29 is 9.59 Å². The minimum atomic E-state index is -0.409. The molecule has 0 saturated carbocycles. The highest BCUT2D eigenvalue weighted by atomic mass is 16.2. The molecule has 1 aromatic carbocycles. The van der Waals surface area contributed by atoms with Crippen LogP contribution in [0.2, 0.25) is 0 Å². The molecule has 4 heteroatoms. The van der Waals surface area contributed by atoms with Crippen LogP contribution < -0.4 is 10.2 Å². The van der Waals surface area contributed by atoms with Gasteiger partial charge in [0, 0.05) is 5.92 Å². The van der Waals surface area contributed by atoms with Crippen LogP contribution >= 0.6 is 0 Å². The van der Waals surface area contributed by atoms with Crippen molar-refractivity contribution in [3.8, 4) is 0 Å². The second kappa shape index (κ2) is 4.57. The zero-order chi connectivity index (χ0) is 13.2. The topological polar surface area (TPSA) is 49.4 Å². The van der Waals surface area contributed by atoms with Gasteiger partial charge in [-0.15, -0.1) is 0 Å². The minimum absolute atomic E-state index is 0.0648. The molecule has 1 aliphatic heterocycles. The van der Waals surface area contributed by atoms with Gasteiger partial charge < -0.3 is 5.32 Å². The van der Waals surface area contributed by atoms with E-state index in [0.29, 0.717) is 11.4 Å². The molecule has 0 bridgehead atoms. The molecule has 0 unspecified atom stereocenters. The molecule has 2 aliphatic rings. The number of nitrogens with one attached hydrogen (secondary N) is 1. The molecule has 0 aromatic heterocycles. The summed E-state index contributed by atoms with van der Waals surface area (Å²) in [4.78, 5) is 25.3. The van der Waals surface area contributed by atoms with Crippen LogP contribution in [-0.4, -0.2) is 11.9 Å².